The first-order chi connectivity index (χ1) is 8.47. The molecule has 0 fully saturated rings. The van der Waals surface area contributed by atoms with Gasteiger partial charge >= 0.3 is 0 Å². The third kappa shape index (κ3) is 2.72. The molecular weight excluding hydrogens is 252 g/mol. The van der Waals surface area contributed by atoms with E-state index in [9.17, 15) is 8.42 Å². The summed E-state index contributed by atoms with van der Waals surface area (Å²) in [4.78, 5) is 0.129. The molecule has 0 unspecified atom stereocenters. The van der Waals surface area contributed by atoms with Crippen LogP contribution in [0.15, 0.2) is 53.4 Å². The van der Waals surface area contributed by atoms with E-state index in [0.29, 0.717) is 11.4 Å². The Morgan fingerprint density at radius 1 is 0.944 bits per heavy atom. The molecule has 0 atom stereocenters. The number of anilines is 2. The topological polar surface area (TPSA) is 92.4 Å². The first-order valence-corrected chi connectivity index (χ1v) is 6.63. The average molecular weight is 264 g/mol. The highest BCUT2D eigenvalue weighted by Crippen LogP contribution is 2.19. The molecule has 0 saturated carbocycles. The van der Waals surface area contributed by atoms with Crippen molar-refractivity contribution < 1.29 is 13.5 Å². The van der Waals surface area contributed by atoms with E-state index in [0.717, 1.165) is 0 Å². The van der Waals surface area contributed by atoms with Crippen molar-refractivity contribution in [2.24, 2.45) is 0 Å². The van der Waals surface area contributed by atoms with Gasteiger partial charge in [0.05, 0.1) is 4.90 Å². The van der Waals surface area contributed by atoms with Gasteiger partial charge in [-0.3, -0.25) is 4.72 Å². The highest BCUT2D eigenvalue weighted by molar-refractivity contribution is 7.92. The van der Waals surface area contributed by atoms with E-state index in [1.807, 2.05) is 0 Å². The van der Waals surface area contributed by atoms with E-state index < -0.39 is 10.0 Å². The zero-order valence-corrected chi connectivity index (χ0v) is 10.2. The molecule has 0 amide bonds. The monoisotopic (exact) mass is 264 g/mol. The molecule has 0 bridgehead atoms. The molecule has 2 rings (SSSR count). The number of aromatic hydroxyl groups is 1. The normalized spacial score (nSPS) is 11.1. The Labute approximate surface area is 105 Å². The minimum atomic E-state index is -3.63. The van der Waals surface area contributed by atoms with Gasteiger partial charge in [0.25, 0.3) is 10.0 Å². The lowest BCUT2D eigenvalue weighted by atomic mass is 10.3. The number of nitrogens with two attached hydrogens (primary N) is 1. The van der Waals surface area contributed by atoms with Gasteiger partial charge in [0.15, 0.2) is 0 Å². The number of phenols is 1. The molecule has 0 heterocycles. The molecule has 2 aromatic carbocycles. The molecule has 0 aliphatic heterocycles. The molecule has 0 spiro atoms. The summed E-state index contributed by atoms with van der Waals surface area (Å²) >= 11 is 0. The highest BCUT2D eigenvalue weighted by atomic mass is 32.2. The molecule has 2 aromatic rings. The minimum Gasteiger partial charge on any atom is -0.508 e. The number of benzene rings is 2. The zero-order valence-electron chi connectivity index (χ0n) is 9.37. The zero-order chi connectivity index (χ0) is 13.2. The molecular formula is C12H12N2O3S. The van der Waals surface area contributed by atoms with E-state index in [4.69, 9.17) is 10.8 Å². The Morgan fingerprint density at radius 2 is 1.50 bits per heavy atom. The fourth-order valence-electron chi connectivity index (χ4n) is 1.39. The fourth-order valence-corrected chi connectivity index (χ4v) is 2.45. The minimum absolute atomic E-state index is 0.0745. The van der Waals surface area contributed by atoms with Crippen LogP contribution in [0, 0.1) is 0 Å². The van der Waals surface area contributed by atoms with Crippen LogP contribution < -0.4 is 10.5 Å². The molecule has 0 aromatic heterocycles. The highest BCUT2D eigenvalue weighted by Gasteiger charge is 2.13. The van der Waals surface area contributed by atoms with E-state index in [1.165, 1.54) is 48.5 Å². The summed E-state index contributed by atoms with van der Waals surface area (Å²) in [6, 6.07) is 11.7. The maximum Gasteiger partial charge on any atom is 0.261 e. The predicted octanol–water partition coefficient (Wildman–Crippen LogP) is 1.78. The summed E-state index contributed by atoms with van der Waals surface area (Å²) in [5, 5.41) is 9.11. The summed E-state index contributed by atoms with van der Waals surface area (Å²) < 4.78 is 26.4. The molecule has 18 heavy (non-hydrogen) atoms. The number of nitrogens with one attached hydrogen (secondary N) is 1. The average Bonchev–Trinajstić information content (AvgIpc) is 2.32. The van der Waals surface area contributed by atoms with E-state index in [1.54, 1.807) is 0 Å². The van der Waals surface area contributed by atoms with Crippen molar-refractivity contribution in [3.63, 3.8) is 0 Å². The number of rotatable bonds is 3. The van der Waals surface area contributed by atoms with Crippen LogP contribution in [0.25, 0.3) is 0 Å². The lowest BCUT2D eigenvalue weighted by Gasteiger charge is -2.08. The Hall–Kier alpha value is -2.21. The largest absolute Gasteiger partial charge is 0.508 e. The van der Waals surface area contributed by atoms with Crippen LogP contribution in [-0.4, -0.2) is 13.5 Å². The quantitative estimate of drug-likeness (QED) is 0.582. The van der Waals surface area contributed by atoms with Crippen LogP contribution in [0.2, 0.25) is 0 Å². The molecule has 94 valence electrons. The van der Waals surface area contributed by atoms with Crippen molar-refractivity contribution in [3.8, 4) is 5.75 Å². The Bertz CT molecular complexity index is 634. The van der Waals surface area contributed by atoms with Gasteiger partial charge in [-0.05, 0) is 48.5 Å². The summed E-state index contributed by atoms with van der Waals surface area (Å²) in [6.07, 6.45) is 0. The Balaban J connectivity index is 2.27. The number of phenolic OH excluding ortho intramolecular Hbond substituents is 1. The van der Waals surface area contributed by atoms with Crippen LogP contribution in [0.5, 0.6) is 5.75 Å². The molecule has 6 heteroatoms. The molecule has 0 aliphatic rings. The maximum absolute atomic E-state index is 12.0. The molecule has 4 N–H and O–H groups in total. The van der Waals surface area contributed by atoms with Crippen molar-refractivity contribution in [2.45, 2.75) is 4.90 Å². The molecule has 0 aliphatic carbocycles. The third-order valence-electron chi connectivity index (χ3n) is 2.31. The maximum atomic E-state index is 12.0. The number of hydrogen-bond acceptors (Lipinski definition) is 4. The summed E-state index contributed by atoms with van der Waals surface area (Å²) in [5.74, 6) is 0.0745. The van der Waals surface area contributed by atoms with Crippen molar-refractivity contribution in [1.29, 1.82) is 0 Å². The van der Waals surface area contributed by atoms with Crippen LogP contribution in [0.1, 0.15) is 0 Å². The SMILES string of the molecule is Nc1ccc(S(=O)(=O)Nc2ccc(O)cc2)cc1. The first kappa shape index (κ1) is 12.3. The second-order valence-corrected chi connectivity index (χ2v) is 5.40. The number of hydrogen-bond donors (Lipinski definition) is 3. The molecule has 5 nitrogen and oxygen atoms in total. The van der Waals surface area contributed by atoms with Gasteiger partial charge in [-0.1, -0.05) is 0 Å². The van der Waals surface area contributed by atoms with Crippen LogP contribution in [-0.2, 0) is 10.0 Å². The fraction of sp³-hybridized carbons (Fsp3) is 0. The van der Waals surface area contributed by atoms with Gasteiger partial charge < -0.3 is 10.8 Å². The first-order valence-electron chi connectivity index (χ1n) is 5.15. The lowest BCUT2D eigenvalue weighted by molar-refractivity contribution is 0.475. The van der Waals surface area contributed by atoms with Crippen LogP contribution in [0.3, 0.4) is 0 Å². The smallest absolute Gasteiger partial charge is 0.261 e. The number of sulfonamides is 1. The predicted molar refractivity (Wildman–Crippen MR) is 69.8 cm³/mol. The van der Waals surface area contributed by atoms with Gasteiger partial charge in [-0.25, -0.2) is 8.42 Å². The van der Waals surface area contributed by atoms with Crippen LogP contribution >= 0.6 is 0 Å². The van der Waals surface area contributed by atoms with Crippen molar-refractivity contribution in [2.75, 3.05) is 10.5 Å². The second kappa shape index (κ2) is 4.58. The second-order valence-electron chi connectivity index (χ2n) is 3.72. The Kier molecular flexibility index (Phi) is 3.12. The standard InChI is InChI=1S/C12H12N2O3S/c13-9-1-7-12(8-2-9)18(16,17)14-10-3-5-11(15)6-4-10/h1-8,14-15H,13H2. The lowest BCUT2D eigenvalue weighted by Crippen LogP contribution is -2.12. The third-order valence-corrected chi connectivity index (χ3v) is 3.71. The van der Waals surface area contributed by atoms with E-state index in [-0.39, 0.29) is 10.6 Å². The van der Waals surface area contributed by atoms with Gasteiger partial charge in [-0.15, -0.1) is 0 Å². The van der Waals surface area contributed by atoms with Crippen molar-refractivity contribution in [3.05, 3.63) is 48.5 Å². The van der Waals surface area contributed by atoms with Crippen LogP contribution in [0.4, 0.5) is 11.4 Å². The Morgan fingerprint density at radius 3 is 2.06 bits per heavy atom. The van der Waals surface area contributed by atoms with Crippen molar-refractivity contribution in [1.82, 2.24) is 0 Å². The van der Waals surface area contributed by atoms with Gasteiger partial charge in [0.2, 0.25) is 0 Å². The van der Waals surface area contributed by atoms with Crippen molar-refractivity contribution >= 4 is 21.4 Å². The van der Waals surface area contributed by atoms with Gasteiger partial charge in [0, 0.05) is 11.4 Å². The van der Waals surface area contributed by atoms with Gasteiger partial charge in [-0.2, -0.15) is 0 Å². The summed E-state index contributed by atoms with van der Waals surface area (Å²) in [7, 11) is -3.63. The molecule has 0 saturated heterocycles. The number of nitrogen functional groups attached to an aromatic ring is 1. The van der Waals surface area contributed by atoms with E-state index in [2.05, 4.69) is 4.72 Å². The summed E-state index contributed by atoms with van der Waals surface area (Å²) in [6.45, 7) is 0. The molecule has 0 radical (unpaired) electrons. The van der Waals surface area contributed by atoms with E-state index >= 15 is 0 Å². The summed E-state index contributed by atoms with van der Waals surface area (Å²) in [5.41, 5.74) is 6.37. The van der Waals surface area contributed by atoms with Gasteiger partial charge in [0.1, 0.15) is 5.75 Å².